The molecule has 2 atom stereocenters. The minimum absolute atomic E-state index is 0.0614. The smallest absolute Gasteiger partial charge is 0.321 e. The van der Waals surface area contributed by atoms with Gasteiger partial charge in [0, 0.05) is 30.9 Å². The van der Waals surface area contributed by atoms with Crippen molar-refractivity contribution in [1.29, 1.82) is 0 Å². The van der Waals surface area contributed by atoms with E-state index in [2.05, 4.69) is 5.32 Å². The van der Waals surface area contributed by atoms with Crippen molar-refractivity contribution in [3.05, 3.63) is 34.4 Å². The number of rotatable bonds is 3. The summed E-state index contributed by atoms with van der Waals surface area (Å²) in [5, 5.41) is 22.2. The Morgan fingerprint density at radius 2 is 1.95 bits per heavy atom. The van der Waals surface area contributed by atoms with Gasteiger partial charge >= 0.3 is 12.0 Å². The molecule has 2 unspecified atom stereocenters. The van der Waals surface area contributed by atoms with E-state index in [-0.39, 0.29) is 18.2 Å². The molecule has 1 aromatic rings. The Hall–Kier alpha value is -2.64. The number of benzene rings is 1. The number of aliphatic carboxylic acids is 1. The quantitative estimate of drug-likeness (QED) is 0.651. The van der Waals surface area contributed by atoms with Crippen LogP contribution in [0.4, 0.5) is 16.2 Å². The summed E-state index contributed by atoms with van der Waals surface area (Å²) < 4.78 is 0. The topological polar surface area (TPSA) is 113 Å². The molecular weight excluding hydrogens is 278 g/mol. The van der Waals surface area contributed by atoms with E-state index >= 15 is 0 Å². The number of carboxylic acid groups (broad SMARTS) is 1. The van der Waals surface area contributed by atoms with Crippen molar-refractivity contribution in [2.24, 2.45) is 11.8 Å². The monoisotopic (exact) mass is 293 g/mol. The summed E-state index contributed by atoms with van der Waals surface area (Å²) in [5.74, 6) is -1.58. The van der Waals surface area contributed by atoms with Crippen molar-refractivity contribution in [3.63, 3.8) is 0 Å². The molecule has 1 heterocycles. The van der Waals surface area contributed by atoms with Gasteiger partial charge in [-0.25, -0.2) is 4.79 Å². The number of nitro groups is 1. The van der Waals surface area contributed by atoms with Crippen LogP contribution in [0.25, 0.3) is 0 Å². The van der Waals surface area contributed by atoms with Crippen molar-refractivity contribution in [1.82, 2.24) is 4.90 Å². The fraction of sp³-hybridized carbons (Fsp3) is 0.385. The molecular formula is C13H15N3O5. The fourth-order valence-electron chi connectivity index (χ4n) is 2.32. The third-order valence-electron chi connectivity index (χ3n) is 3.55. The van der Waals surface area contributed by atoms with Crippen LogP contribution in [0.15, 0.2) is 24.3 Å². The molecule has 1 aromatic carbocycles. The number of carbonyl (C=O) groups is 2. The highest BCUT2D eigenvalue weighted by atomic mass is 16.6. The van der Waals surface area contributed by atoms with Crippen LogP contribution in [0.3, 0.4) is 0 Å². The first kappa shape index (κ1) is 14.8. The largest absolute Gasteiger partial charge is 0.481 e. The first-order valence-corrected chi connectivity index (χ1v) is 6.41. The second kappa shape index (κ2) is 5.78. The molecule has 2 N–H and O–H groups in total. The molecule has 2 amide bonds. The van der Waals surface area contributed by atoms with Crippen LogP contribution in [-0.2, 0) is 4.79 Å². The normalized spacial score (nSPS) is 21.1. The summed E-state index contributed by atoms with van der Waals surface area (Å²) in [6, 6.07) is 5.05. The summed E-state index contributed by atoms with van der Waals surface area (Å²) in [7, 11) is 0. The van der Waals surface area contributed by atoms with Crippen LogP contribution in [0, 0.1) is 22.0 Å². The van der Waals surface area contributed by atoms with E-state index in [9.17, 15) is 19.7 Å². The summed E-state index contributed by atoms with van der Waals surface area (Å²) in [4.78, 5) is 34.5. The maximum absolute atomic E-state index is 12.0. The van der Waals surface area contributed by atoms with Crippen LogP contribution in [0.5, 0.6) is 0 Å². The van der Waals surface area contributed by atoms with E-state index in [4.69, 9.17) is 5.11 Å². The number of nitrogens with zero attached hydrogens (tertiary/aromatic N) is 2. The number of non-ortho nitro benzene ring substituents is 1. The van der Waals surface area contributed by atoms with Gasteiger partial charge in [-0.2, -0.15) is 0 Å². The lowest BCUT2D eigenvalue weighted by molar-refractivity contribution is -0.384. The van der Waals surface area contributed by atoms with Crippen molar-refractivity contribution in [2.75, 3.05) is 18.4 Å². The second-order valence-electron chi connectivity index (χ2n) is 5.06. The Bertz CT molecular complexity index is 572. The lowest BCUT2D eigenvalue weighted by Crippen LogP contribution is -2.33. The van der Waals surface area contributed by atoms with E-state index in [0.717, 1.165) is 0 Å². The lowest BCUT2D eigenvalue weighted by Gasteiger charge is -2.16. The minimum Gasteiger partial charge on any atom is -0.481 e. The number of urea groups is 1. The molecule has 0 bridgehead atoms. The van der Waals surface area contributed by atoms with Gasteiger partial charge in [0.05, 0.1) is 10.8 Å². The molecule has 8 heteroatoms. The van der Waals surface area contributed by atoms with E-state index < -0.39 is 22.8 Å². The van der Waals surface area contributed by atoms with Crippen molar-refractivity contribution < 1.29 is 19.6 Å². The molecule has 1 saturated heterocycles. The highest BCUT2D eigenvalue weighted by Crippen LogP contribution is 2.24. The second-order valence-corrected chi connectivity index (χ2v) is 5.06. The molecule has 1 aliphatic rings. The van der Waals surface area contributed by atoms with Crippen LogP contribution < -0.4 is 5.32 Å². The molecule has 0 radical (unpaired) electrons. The lowest BCUT2D eigenvalue weighted by atomic mass is 9.99. The number of carboxylic acids is 1. The summed E-state index contributed by atoms with van der Waals surface area (Å²) in [5.41, 5.74) is 0.366. The Balaban J connectivity index is 1.99. The SMILES string of the molecule is CC1CN(C(=O)Nc2ccc([N+](=O)[O-])cc2)CC1C(=O)O. The number of carbonyl (C=O) groups excluding carboxylic acids is 1. The molecule has 112 valence electrons. The zero-order valence-corrected chi connectivity index (χ0v) is 11.4. The number of hydrogen-bond acceptors (Lipinski definition) is 4. The van der Waals surface area contributed by atoms with Gasteiger partial charge in [-0.05, 0) is 18.1 Å². The average Bonchev–Trinajstić information content (AvgIpc) is 2.81. The van der Waals surface area contributed by atoms with Gasteiger partial charge < -0.3 is 15.3 Å². The number of likely N-dealkylation sites (tertiary alicyclic amines) is 1. The van der Waals surface area contributed by atoms with Gasteiger partial charge in [0.2, 0.25) is 0 Å². The number of amides is 2. The van der Waals surface area contributed by atoms with Crippen LogP contribution >= 0.6 is 0 Å². The molecule has 21 heavy (non-hydrogen) atoms. The molecule has 0 saturated carbocycles. The molecule has 0 aromatic heterocycles. The summed E-state index contributed by atoms with van der Waals surface area (Å²) in [6.07, 6.45) is 0. The van der Waals surface area contributed by atoms with Gasteiger partial charge in [0.1, 0.15) is 0 Å². The molecule has 0 spiro atoms. The predicted molar refractivity (Wildman–Crippen MR) is 74.0 cm³/mol. The van der Waals surface area contributed by atoms with Crippen molar-refractivity contribution in [3.8, 4) is 0 Å². The highest BCUT2D eigenvalue weighted by molar-refractivity contribution is 5.90. The zero-order valence-electron chi connectivity index (χ0n) is 11.4. The third kappa shape index (κ3) is 3.28. The molecule has 2 rings (SSSR count). The molecule has 8 nitrogen and oxygen atoms in total. The van der Waals surface area contributed by atoms with E-state index in [0.29, 0.717) is 12.2 Å². The fourth-order valence-corrected chi connectivity index (χ4v) is 2.32. The number of anilines is 1. The van der Waals surface area contributed by atoms with Crippen LogP contribution in [0.2, 0.25) is 0 Å². The van der Waals surface area contributed by atoms with Crippen molar-refractivity contribution >= 4 is 23.4 Å². The first-order chi connectivity index (χ1) is 9.88. The maximum atomic E-state index is 12.0. The standard InChI is InChI=1S/C13H15N3O5/c1-8-6-15(7-11(8)12(17)18)13(19)14-9-2-4-10(5-3-9)16(20)21/h2-5,8,11H,6-7H2,1H3,(H,14,19)(H,17,18). The van der Waals surface area contributed by atoms with E-state index in [1.54, 1.807) is 6.92 Å². The molecule has 1 fully saturated rings. The average molecular weight is 293 g/mol. The number of nitrogens with one attached hydrogen (secondary N) is 1. The van der Waals surface area contributed by atoms with Gasteiger partial charge in [0.25, 0.3) is 5.69 Å². The highest BCUT2D eigenvalue weighted by Gasteiger charge is 2.36. The minimum atomic E-state index is -0.909. The van der Waals surface area contributed by atoms with Gasteiger partial charge in [-0.1, -0.05) is 6.92 Å². The van der Waals surface area contributed by atoms with Gasteiger partial charge in [0.15, 0.2) is 0 Å². The number of hydrogen-bond donors (Lipinski definition) is 2. The van der Waals surface area contributed by atoms with Crippen LogP contribution in [0.1, 0.15) is 6.92 Å². The van der Waals surface area contributed by atoms with E-state index in [1.807, 2.05) is 0 Å². The van der Waals surface area contributed by atoms with Crippen molar-refractivity contribution in [2.45, 2.75) is 6.92 Å². The Kier molecular flexibility index (Phi) is 4.06. The predicted octanol–water partition coefficient (Wildman–Crippen LogP) is 1.78. The van der Waals surface area contributed by atoms with Gasteiger partial charge in [-0.15, -0.1) is 0 Å². The maximum Gasteiger partial charge on any atom is 0.321 e. The Morgan fingerprint density at radius 3 is 2.43 bits per heavy atom. The Labute approximate surface area is 120 Å². The first-order valence-electron chi connectivity index (χ1n) is 6.41. The molecule has 1 aliphatic heterocycles. The third-order valence-corrected chi connectivity index (χ3v) is 3.55. The van der Waals surface area contributed by atoms with Gasteiger partial charge in [-0.3, -0.25) is 14.9 Å². The van der Waals surface area contributed by atoms with E-state index in [1.165, 1.54) is 29.2 Å². The van der Waals surface area contributed by atoms with Crippen LogP contribution in [-0.4, -0.2) is 40.0 Å². The Morgan fingerprint density at radius 1 is 1.33 bits per heavy atom. The zero-order chi connectivity index (χ0) is 15.6. The number of nitro benzene ring substituents is 1. The summed E-state index contributed by atoms with van der Waals surface area (Å²) in [6.45, 7) is 2.32. The molecule has 0 aliphatic carbocycles. The summed E-state index contributed by atoms with van der Waals surface area (Å²) >= 11 is 0.